The van der Waals surface area contributed by atoms with E-state index in [9.17, 15) is 4.79 Å². The van der Waals surface area contributed by atoms with Gasteiger partial charge in [0.15, 0.2) is 0 Å². The van der Waals surface area contributed by atoms with E-state index in [4.69, 9.17) is 11.6 Å². The number of carbonyl (C=O) groups is 1. The van der Waals surface area contributed by atoms with Crippen molar-refractivity contribution in [2.45, 2.75) is 39.3 Å². The molecule has 3 nitrogen and oxygen atoms in total. The first-order chi connectivity index (χ1) is 8.04. The Hall–Kier alpha value is -1.22. The van der Waals surface area contributed by atoms with Crippen LogP contribution < -0.4 is 10.6 Å². The number of carbonyl (C=O) groups excluding carboxylic acids is 1. The molecule has 2 unspecified atom stereocenters. The van der Waals surface area contributed by atoms with E-state index in [1.807, 2.05) is 39.0 Å². The number of nitrogens with one attached hydrogen (secondary N) is 2. The van der Waals surface area contributed by atoms with Gasteiger partial charge < -0.3 is 10.6 Å². The Morgan fingerprint density at radius 1 is 1.35 bits per heavy atom. The second kappa shape index (κ2) is 6.50. The Kier molecular flexibility index (Phi) is 5.29. The van der Waals surface area contributed by atoms with E-state index >= 15 is 0 Å². The maximum Gasteiger partial charge on any atom is 0.242 e. The van der Waals surface area contributed by atoms with Crippen LogP contribution in [0.2, 0.25) is 5.02 Å². The largest absolute Gasteiger partial charge is 0.373 e. The van der Waals surface area contributed by atoms with Crippen LogP contribution in [0.15, 0.2) is 24.3 Å². The molecule has 2 atom stereocenters. The molecule has 2 N–H and O–H groups in total. The molecule has 0 saturated carbocycles. The zero-order valence-corrected chi connectivity index (χ0v) is 11.2. The molecule has 94 valence electrons. The predicted molar refractivity (Wildman–Crippen MR) is 72.4 cm³/mol. The summed E-state index contributed by atoms with van der Waals surface area (Å²) < 4.78 is 0. The molecule has 4 heteroatoms. The average Bonchev–Trinajstić information content (AvgIpc) is 2.31. The summed E-state index contributed by atoms with van der Waals surface area (Å²) in [6.45, 7) is 5.85. The quantitative estimate of drug-likeness (QED) is 0.848. The van der Waals surface area contributed by atoms with E-state index in [1.165, 1.54) is 0 Å². The van der Waals surface area contributed by atoms with Crippen molar-refractivity contribution >= 4 is 23.2 Å². The standard InChI is InChI=1S/C13H19ClN2O/c1-4-9(2)15-13(17)10(3)16-12-8-6-5-7-11(12)14/h5-10,16H,4H2,1-3H3,(H,15,17). The molecule has 1 aromatic rings. The van der Waals surface area contributed by atoms with Gasteiger partial charge in [0.05, 0.1) is 10.7 Å². The van der Waals surface area contributed by atoms with Gasteiger partial charge in [0.25, 0.3) is 0 Å². The van der Waals surface area contributed by atoms with E-state index in [0.717, 1.165) is 12.1 Å². The molecule has 1 rings (SSSR count). The monoisotopic (exact) mass is 254 g/mol. The molecule has 0 aliphatic carbocycles. The minimum atomic E-state index is -0.302. The van der Waals surface area contributed by atoms with Crippen molar-refractivity contribution in [1.82, 2.24) is 5.32 Å². The minimum Gasteiger partial charge on any atom is -0.373 e. The number of amides is 1. The van der Waals surface area contributed by atoms with Crippen LogP contribution in [-0.4, -0.2) is 18.0 Å². The summed E-state index contributed by atoms with van der Waals surface area (Å²) in [5, 5.41) is 6.64. The summed E-state index contributed by atoms with van der Waals surface area (Å²) in [7, 11) is 0. The van der Waals surface area contributed by atoms with Gasteiger partial charge in [-0.2, -0.15) is 0 Å². The van der Waals surface area contributed by atoms with Gasteiger partial charge in [-0.15, -0.1) is 0 Å². The van der Waals surface area contributed by atoms with Crippen molar-refractivity contribution in [2.75, 3.05) is 5.32 Å². The first kappa shape index (κ1) is 13.8. The third kappa shape index (κ3) is 4.27. The molecule has 1 aromatic carbocycles. The Balaban J connectivity index is 2.57. The van der Waals surface area contributed by atoms with Crippen LogP contribution in [0.5, 0.6) is 0 Å². The van der Waals surface area contributed by atoms with Crippen molar-refractivity contribution < 1.29 is 4.79 Å². The van der Waals surface area contributed by atoms with Crippen LogP contribution >= 0.6 is 11.6 Å². The van der Waals surface area contributed by atoms with E-state index < -0.39 is 0 Å². The van der Waals surface area contributed by atoms with Crippen LogP contribution in [-0.2, 0) is 4.79 Å². The lowest BCUT2D eigenvalue weighted by Crippen LogP contribution is -2.41. The van der Waals surface area contributed by atoms with Gasteiger partial charge in [0.1, 0.15) is 6.04 Å². The highest BCUT2D eigenvalue weighted by molar-refractivity contribution is 6.33. The molecule has 0 heterocycles. The lowest BCUT2D eigenvalue weighted by Gasteiger charge is -2.18. The minimum absolute atomic E-state index is 0.0146. The molecule has 0 aliphatic rings. The number of anilines is 1. The Bertz CT molecular complexity index is 381. The predicted octanol–water partition coefficient (Wildman–Crippen LogP) is 3.06. The summed E-state index contributed by atoms with van der Waals surface area (Å²) in [5.41, 5.74) is 0.779. The molecule has 17 heavy (non-hydrogen) atoms. The number of hydrogen-bond acceptors (Lipinski definition) is 2. The summed E-state index contributed by atoms with van der Waals surface area (Å²) in [5.74, 6) is -0.0146. The lowest BCUT2D eigenvalue weighted by atomic mass is 10.2. The SMILES string of the molecule is CCC(C)NC(=O)C(C)Nc1ccccc1Cl. The van der Waals surface area contributed by atoms with Crippen molar-refractivity contribution in [1.29, 1.82) is 0 Å². The molecule has 0 bridgehead atoms. The molecule has 0 radical (unpaired) electrons. The fourth-order valence-corrected chi connectivity index (χ4v) is 1.54. The van der Waals surface area contributed by atoms with Crippen LogP contribution in [0.3, 0.4) is 0 Å². The number of halogens is 1. The molecular weight excluding hydrogens is 236 g/mol. The fourth-order valence-electron chi connectivity index (χ4n) is 1.35. The Labute approximate surface area is 108 Å². The van der Waals surface area contributed by atoms with Gasteiger partial charge in [-0.1, -0.05) is 30.7 Å². The number of rotatable bonds is 5. The highest BCUT2D eigenvalue weighted by Crippen LogP contribution is 2.21. The van der Waals surface area contributed by atoms with Crippen LogP contribution in [0.25, 0.3) is 0 Å². The first-order valence-corrected chi connectivity index (χ1v) is 6.23. The lowest BCUT2D eigenvalue weighted by molar-refractivity contribution is -0.122. The smallest absolute Gasteiger partial charge is 0.242 e. The van der Waals surface area contributed by atoms with Gasteiger partial charge >= 0.3 is 0 Å². The topological polar surface area (TPSA) is 41.1 Å². The average molecular weight is 255 g/mol. The highest BCUT2D eigenvalue weighted by atomic mass is 35.5. The Morgan fingerprint density at radius 3 is 2.59 bits per heavy atom. The molecule has 0 saturated heterocycles. The van der Waals surface area contributed by atoms with E-state index in [1.54, 1.807) is 6.07 Å². The molecule has 0 fully saturated rings. The summed E-state index contributed by atoms with van der Waals surface area (Å²) in [4.78, 5) is 11.8. The van der Waals surface area contributed by atoms with Crippen molar-refractivity contribution in [3.63, 3.8) is 0 Å². The van der Waals surface area contributed by atoms with Crippen molar-refractivity contribution in [3.8, 4) is 0 Å². The molecule has 1 amide bonds. The molecule has 0 aromatic heterocycles. The van der Waals surface area contributed by atoms with Gasteiger partial charge in [-0.05, 0) is 32.4 Å². The van der Waals surface area contributed by atoms with Crippen LogP contribution in [0.1, 0.15) is 27.2 Å². The van der Waals surface area contributed by atoms with E-state index in [2.05, 4.69) is 10.6 Å². The van der Waals surface area contributed by atoms with Gasteiger partial charge in [-0.25, -0.2) is 0 Å². The number of benzene rings is 1. The number of para-hydroxylation sites is 1. The van der Waals surface area contributed by atoms with E-state index in [-0.39, 0.29) is 18.0 Å². The third-order valence-electron chi connectivity index (χ3n) is 2.64. The second-order valence-corrected chi connectivity index (χ2v) is 4.57. The third-order valence-corrected chi connectivity index (χ3v) is 2.97. The van der Waals surface area contributed by atoms with Crippen LogP contribution in [0, 0.1) is 0 Å². The zero-order valence-electron chi connectivity index (χ0n) is 10.5. The maximum atomic E-state index is 11.8. The Morgan fingerprint density at radius 2 is 2.00 bits per heavy atom. The van der Waals surface area contributed by atoms with Crippen LogP contribution in [0.4, 0.5) is 5.69 Å². The van der Waals surface area contributed by atoms with Crippen molar-refractivity contribution in [3.05, 3.63) is 29.3 Å². The fraction of sp³-hybridized carbons (Fsp3) is 0.462. The van der Waals surface area contributed by atoms with Gasteiger partial charge in [-0.3, -0.25) is 4.79 Å². The summed E-state index contributed by atoms with van der Waals surface area (Å²) >= 11 is 6.01. The van der Waals surface area contributed by atoms with Gasteiger partial charge in [0, 0.05) is 6.04 Å². The first-order valence-electron chi connectivity index (χ1n) is 5.86. The summed E-state index contributed by atoms with van der Waals surface area (Å²) in [6, 6.07) is 7.28. The highest BCUT2D eigenvalue weighted by Gasteiger charge is 2.14. The van der Waals surface area contributed by atoms with E-state index in [0.29, 0.717) is 5.02 Å². The number of hydrogen-bond donors (Lipinski definition) is 2. The molecule has 0 spiro atoms. The molecular formula is C13H19ClN2O. The van der Waals surface area contributed by atoms with Crippen molar-refractivity contribution in [2.24, 2.45) is 0 Å². The normalized spacial score (nSPS) is 13.9. The zero-order chi connectivity index (χ0) is 12.8. The second-order valence-electron chi connectivity index (χ2n) is 4.16. The molecule has 0 aliphatic heterocycles. The maximum absolute atomic E-state index is 11.8. The summed E-state index contributed by atoms with van der Waals surface area (Å²) in [6.07, 6.45) is 0.921. The van der Waals surface area contributed by atoms with Gasteiger partial charge in [0.2, 0.25) is 5.91 Å².